The number of thiazole rings is 1. The molecule has 8 heteroatoms. The van der Waals surface area contributed by atoms with Gasteiger partial charge in [-0.1, -0.05) is 17.4 Å². The summed E-state index contributed by atoms with van der Waals surface area (Å²) in [6.07, 6.45) is 3.22. The topological polar surface area (TPSA) is 103 Å². The van der Waals surface area contributed by atoms with Crippen molar-refractivity contribution in [1.29, 1.82) is 0 Å². The molecule has 0 atom stereocenters. The number of nitrogens with zero attached hydrogens (tertiary/aromatic N) is 2. The largest absolute Gasteiger partial charge is 0.508 e. The van der Waals surface area contributed by atoms with E-state index in [-0.39, 0.29) is 11.7 Å². The van der Waals surface area contributed by atoms with Gasteiger partial charge in [-0.15, -0.1) is 0 Å². The number of aryl methyl sites for hydroxylation is 2. The highest BCUT2D eigenvalue weighted by molar-refractivity contribution is 7.17. The first-order valence-electron chi connectivity index (χ1n) is 7.29. The number of H-pyrrole nitrogens is 1. The first-order valence-corrected chi connectivity index (χ1v) is 8.10. The summed E-state index contributed by atoms with van der Waals surface area (Å²) in [5, 5.41) is 23.1. The third-order valence-corrected chi connectivity index (χ3v) is 4.59. The minimum absolute atomic E-state index is 0.150. The zero-order valence-corrected chi connectivity index (χ0v) is 14.3. The minimum atomic E-state index is -0.265. The molecule has 3 aromatic rings. The molecule has 0 aliphatic rings. The fourth-order valence-corrected chi connectivity index (χ4v) is 2.94. The van der Waals surface area contributed by atoms with Crippen molar-refractivity contribution in [2.24, 2.45) is 0 Å². The number of carbonyl (C=O) groups excluding carboxylic acids is 1. The molecule has 124 valence electrons. The minimum Gasteiger partial charge on any atom is -0.508 e. The molecule has 0 bridgehead atoms. The number of phenols is 1. The summed E-state index contributed by atoms with van der Waals surface area (Å²) in [4.78, 5) is 17.1. The van der Waals surface area contributed by atoms with E-state index in [1.54, 1.807) is 25.3 Å². The highest BCUT2D eigenvalue weighted by atomic mass is 32.1. The van der Waals surface area contributed by atoms with Crippen LogP contribution in [0.25, 0.3) is 0 Å². The third-order valence-electron chi connectivity index (χ3n) is 3.67. The Morgan fingerprint density at radius 1 is 1.21 bits per heavy atom. The molecule has 0 spiro atoms. The van der Waals surface area contributed by atoms with Crippen LogP contribution < -0.4 is 10.6 Å². The number of phenolic OH excluding ortho intramolecular Hbond substituents is 1. The molecule has 7 nitrogen and oxygen atoms in total. The molecule has 2 aromatic heterocycles. The van der Waals surface area contributed by atoms with Gasteiger partial charge in [-0.25, -0.2) is 4.98 Å². The van der Waals surface area contributed by atoms with Crippen molar-refractivity contribution in [3.05, 3.63) is 46.1 Å². The van der Waals surface area contributed by atoms with E-state index in [0.717, 1.165) is 16.9 Å². The van der Waals surface area contributed by atoms with E-state index in [1.165, 1.54) is 17.5 Å². The number of benzene rings is 1. The second kappa shape index (κ2) is 6.32. The first-order chi connectivity index (χ1) is 11.5. The van der Waals surface area contributed by atoms with E-state index in [9.17, 15) is 9.90 Å². The Kier molecular flexibility index (Phi) is 4.22. The summed E-state index contributed by atoms with van der Waals surface area (Å²) in [6, 6.07) is 3.38. The number of anilines is 3. The van der Waals surface area contributed by atoms with Crippen LogP contribution in [0.3, 0.4) is 0 Å². The number of aromatic nitrogens is 3. The van der Waals surface area contributed by atoms with E-state index < -0.39 is 0 Å². The molecule has 2 heterocycles. The van der Waals surface area contributed by atoms with Crippen LogP contribution in [0.1, 0.15) is 26.4 Å². The standard InChI is InChI=1S/C16H17N5O2S/c1-8-4-5-11(22)10(3)13(8)19-15(23)12-7-17-16(24-12)20-14-9(2)6-18-21-14/h4-7,22H,1-3H3,(H,19,23)(H2,17,18,20,21). The van der Waals surface area contributed by atoms with Gasteiger partial charge in [-0.2, -0.15) is 5.10 Å². The third kappa shape index (κ3) is 3.09. The molecule has 0 aliphatic heterocycles. The molecule has 0 fully saturated rings. The molecule has 0 saturated carbocycles. The maximum atomic E-state index is 12.4. The predicted molar refractivity (Wildman–Crippen MR) is 94.3 cm³/mol. The lowest BCUT2D eigenvalue weighted by Crippen LogP contribution is -2.12. The molecule has 4 N–H and O–H groups in total. The summed E-state index contributed by atoms with van der Waals surface area (Å²) in [5.74, 6) is 0.631. The van der Waals surface area contributed by atoms with Crippen LogP contribution in [0.5, 0.6) is 5.75 Å². The lowest BCUT2D eigenvalue weighted by Gasteiger charge is -2.11. The van der Waals surface area contributed by atoms with Crippen molar-refractivity contribution in [1.82, 2.24) is 15.2 Å². The summed E-state index contributed by atoms with van der Waals surface area (Å²) < 4.78 is 0. The number of rotatable bonds is 4. The van der Waals surface area contributed by atoms with Crippen molar-refractivity contribution in [3.8, 4) is 5.75 Å². The van der Waals surface area contributed by atoms with Gasteiger partial charge in [0, 0.05) is 11.1 Å². The highest BCUT2D eigenvalue weighted by Crippen LogP contribution is 2.29. The summed E-state index contributed by atoms with van der Waals surface area (Å²) >= 11 is 1.24. The lowest BCUT2D eigenvalue weighted by atomic mass is 10.1. The van der Waals surface area contributed by atoms with Gasteiger partial charge in [-0.05, 0) is 32.4 Å². The number of carbonyl (C=O) groups is 1. The Morgan fingerprint density at radius 2 is 2.00 bits per heavy atom. The van der Waals surface area contributed by atoms with E-state index in [0.29, 0.717) is 21.3 Å². The van der Waals surface area contributed by atoms with Crippen LogP contribution in [0.15, 0.2) is 24.5 Å². The molecular weight excluding hydrogens is 326 g/mol. The molecule has 1 aromatic carbocycles. The second-order valence-electron chi connectivity index (χ2n) is 5.44. The molecule has 24 heavy (non-hydrogen) atoms. The summed E-state index contributed by atoms with van der Waals surface area (Å²) in [7, 11) is 0. The molecule has 1 amide bonds. The Balaban J connectivity index is 1.77. The van der Waals surface area contributed by atoms with Crippen molar-refractivity contribution in [2.45, 2.75) is 20.8 Å². The molecular formula is C16H17N5O2S. The summed E-state index contributed by atoms with van der Waals surface area (Å²) in [6.45, 7) is 5.56. The average Bonchev–Trinajstić information content (AvgIpc) is 3.18. The van der Waals surface area contributed by atoms with Gasteiger partial charge in [0.05, 0.1) is 18.1 Å². The van der Waals surface area contributed by atoms with Crippen LogP contribution in [0, 0.1) is 20.8 Å². The number of aromatic amines is 1. The Bertz CT molecular complexity index is 900. The van der Waals surface area contributed by atoms with Crippen LogP contribution in [0.2, 0.25) is 0 Å². The fourth-order valence-electron chi connectivity index (χ4n) is 2.22. The van der Waals surface area contributed by atoms with Gasteiger partial charge in [0.25, 0.3) is 5.91 Å². The fraction of sp³-hybridized carbons (Fsp3) is 0.188. The maximum Gasteiger partial charge on any atom is 0.267 e. The Morgan fingerprint density at radius 3 is 2.71 bits per heavy atom. The Labute approximate surface area is 142 Å². The van der Waals surface area contributed by atoms with E-state index in [1.807, 2.05) is 13.8 Å². The van der Waals surface area contributed by atoms with Gasteiger partial charge in [0.2, 0.25) is 0 Å². The number of hydrogen-bond acceptors (Lipinski definition) is 6. The second-order valence-corrected chi connectivity index (χ2v) is 6.47. The first kappa shape index (κ1) is 16.0. The monoisotopic (exact) mass is 343 g/mol. The zero-order valence-electron chi connectivity index (χ0n) is 13.5. The Hall–Kier alpha value is -2.87. The van der Waals surface area contributed by atoms with Crippen LogP contribution >= 0.6 is 11.3 Å². The van der Waals surface area contributed by atoms with Gasteiger partial charge in [0.15, 0.2) is 5.13 Å². The van der Waals surface area contributed by atoms with Gasteiger partial charge in [-0.3, -0.25) is 9.89 Å². The molecule has 3 rings (SSSR count). The van der Waals surface area contributed by atoms with Gasteiger partial charge < -0.3 is 15.7 Å². The SMILES string of the molecule is Cc1cn[nH]c1Nc1ncc(C(=O)Nc2c(C)ccc(O)c2C)s1. The van der Waals surface area contributed by atoms with E-state index in [2.05, 4.69) is 25.8 Å². The van der Waals surface area contributed by atoms with Crippen LogP contribution in [0.4, 0.5) is 16.6 Å². The van der Waals surface area contributed by atoms with Crippen LogP contribution in [-0.2, 0) is 0 Å². The summed E-state index contributed by atoms with van der Waals surface area (Å²) in [5.41, 5.74) is 3.10. The highest BCUT2D eigenvalue weighted by Gasteiger charge is 2.15. The van der Waals surface area contributed by atoms with E-state index >= 15 is 0 Å². The normalized spacial score (nSPS) is 10.6. The maximum absolute atomic E-state index is 12.4. The molecule has 0 aliphatic carbocycles. The number of amides is 1. The van der Waals surface area contributed by atoms with Crippen LogP contribution in [-0.4, -0.2) is 26.2 Å². The molecule has 0 unspecified atom stereocenters. The zero-order chi connectivity index (χ0) is 17.3. The van der Waals surface area contributed by atoms with Crippen molar-refractivity contribution < 1.29 is 9.90 Å². The number of nitrogens with one attached hydrogen (secondary N) is 3. The van der Waals surface area contributed by atoms with E-state index in [4.69, 9.17) is 0 Å². The molecule has 0 radical (unpaired) electrons. The number of aromatic hydroxyl groups is 1. The van der Waals surface area contributed by atoms with Gasteiger partial charge >= 0.3 is 0 Å². The van der Waals surface area contributed by atoms with Crippen molar-refractivity contribution in [3.63, 3.8) is 0 Å². The lowest BCUT2D eigenvalue weighted by molar-refractivity contribution is 0.103. The average molecular weight is 343 g/mol. The molecule has 0 saturated heterocycles. The van der Waals surface area contributed by atoms with Crippen molar-refractivity contribution >= 4 is 33.9 Å². The predicted octanol–water partition coefficient (Wildman–Crippen LogP) is 3.49. The van der Waals surface area contributed by atoms with Gasteiger partial charge in [0.1, 0.15) is 16.4 Å². The smallest absolute Gasteiger partial charge is 0.267 e. The quantitative estimate of drug-likeness (QED) is 0.581. The number of hydrogen-bond donors (Lipinski definition) is 4. The van der Waals surface area contributed by atoms with Crippen molar-refractivity contribution in [2.75, 3.05) is 10.6 Å².